The second-order valence-electron chi connectivity index (χ2n) is 7.34. The molecule has 3 aromatic rings. The van der Waals surface area contributed by atoms with Crippen molar-refractivity contribution in [2.45, 2.75) is 32.9 Å². The Bertz CT molecular complexity index is 1090. The number of carboxylic acid groups (broad SMARTS) is 1. The number of halogens is 2. The summed E-state index contributed by atoms with van der Waals surface area (Å²) < 4.78 is 2.17. The first-order valence-electron chi connectivity index (χ1n) is 10.1. The predicted octanol–water partition coefficient (Wildman–Crippen LogP) is 5.66. The van der Waals surface area contributed by atoms with Gasteiger partial charge in [0.2, 0.25) is 0 Å². The fraction of sp³-hybridized carbons (Fsp3) is 0.364. The van der Waals surface area contributed by atoms with Gasteiger partial charge in [0.05, 0.1) is 16.7 Å². The van der Waals surface area contributed by atoms with Crippen LogP contribution in [0.25, 0.3) is 11.0 Å². The number of hydrogen-bond donors (Lipinski definition) is 1. The Morgan fingerprint density at radius 1 is 1.20 bits per heavy atom. The molecule has 0 saturated carbocycles. The van der Waals surface area contributed by atoms with E-state index in [4.69, 9.17) is 28.2 Å². The molecular formula is C22H24Cl2N4O2. The molecule has 0 spiro atoms. The normalized spacial score (nSPS) is 16.4. The summed E-state index contributed by atoms with van der Waals surface area (Å²) in [5.74, 6) is 0.689. The first-order chi connectivity index (χ1) is 14.5. The van der Waals surface area contributed by atoms with Crippen LogP contribution in [0.5, 0.6) is 0 Å². The van der Waals surface area contributed by atoms with Crippen LogP contribution in [0, 0.1) is 0 Å². The highest BCUT2D eigenvalue weighted by molar-refractivity contribution is 6.35. The van der Waals surface area contributed by atoms with E-state index >= 15 is 0 Å². The molecule has 2 aromatic carbocycles. The number of aromatic nitrogens is 2. The van der Waals surface area contributed by atoms with E-state index in [-0.39, 0.29) is 0 Å². The molecule has 1 atom stereocenters. The summed E-state index contributed by atoms with van der Waals surface area (Å²) in [4.78, 5) is 20.8. The summed E-state index contributed by atoms with van der Waals surface area (Å²) in [5, 5.41) is 10.9. The average molecular weight is 447 g/mol. The van der Waals surface area contributed by atoms with Crippen LogP contribution in [0.3, 0.4) is 0 Å². The minimum atomic E-state index is -0.990. The summed E-state index contributed by atoms with van der Waals surface area (Å²) >= 11 is 12.6. The van der Waals surface area contributed by atoms with E-state index in [9.17, 15) is 9.90 Å². The number of aryl methyl sites for hydroxylation is 1. The zero-order valence-electron chi connectivity index (χ0n) is 17.0. The van der Waals surface area contributed by atoms with Crippen molar-refractivity contribution in [2.24, 2.45) is 0 Å². The minimum Gasteiger partial charge on any atom is -0.465 e. The van der Waals surface area contributed by atoms with E-state index in [0.717, 1.165) is 29.8 Å². The molecule has 1 amide bonds. The number of amides is 1. The fourth-order valence-corrected chi connectivity index (χ4v) is 4.85. The van der Waals surface area contributed by atoms with E-state index in [1.807, 2.05) is 12.1 Å². The van der Waals surface area contributed by atoms with Gasteiger partial charge in [0.25, 0.3) is 0 Å². The van der Waals surface area contributed by atoms with Gasteiger partial charge < -0.3 is 14.6 Å². The van der Waals surface area contributed by atoms with Crippen LogP contribution in [0.15, 0.2) is 36.4 Å². The van der Waals surface area contributed by atoms with Gasteiger partial charge >= 0.3 is 6.09 Å². The number of fused-ring (bicyclic) bond motifs is 3. The Balaban J connectivity index is 1.99. The van der Waals surface area contributed by atoms with E-state index < -0.39 is 12.1 Å². The molecule has 158 valence electrons. The van der Waals surface area contributed by atoms with Crippen molar-refractivity contribution >= 4 is 46.0 Å². The maximum Gasteiger partial charge on any atom is 0.408 e. The largest absolute Gasteiger partial charge is 0.465 e. The number of rotatable bonds is 4. The molecule has 1 aromatic heterocycles. The molecule has 1 aliphatic rings. The first kappa shape index (κ1) is 20.8. The third-order valence-electron chi connectivity index (χ3n) is 5.72. The Labute approximate surface area is 185 Å². The molecule has 6 nitrogen and oxygen atoms in total. The number of carbonyl (C=O) groups is 1. The molecule has 1 N–H and O–H groups in total. The lowest BCUT2D eigenvalue weighted by molar-refractivity contribution is 0.132. The Kier molecular flexibility index (Phi) is 5.80. The van der Waals surface area contributed by atoms with Crippen LogP contribution in [-0.2, 0) is 6.54 Å². The topological polar surface area (TPSA) is 61.6 Å². The maximum atomic E-state index is 12.2. The summed E-state index contributed by atoms with van der Waals surface area (Å²) in [6.45, 7) is 7.11. The SMILES string of the molecule is CCN(CC)c1cccc2nc3n(c12)CCCN(C(=O)O)C3c1ccc(Cl)cc1Cl. The lowest BCUT2D eigenvalue weighted by atomic mass is 10.0. The van der Waals surface area contributed by atoms with Crippen LogP contribution in [-0.4, -0.2) is 45.3 Å². The number of hydrogen-bond acceptors (Lipinski definition) is 3. The van der Waals surface area contributed by atoms with Crippen molar-refractivity contribution in [1.82, 2.24) is 14.5 Å². The zero-order valence-corrected chi connectivity index (χ0v) is 18.5. The van der Waals surface area contributed by atoms with Crippen molar-refractivity contribution < 1.29 is 9.90 Å². The van der Waals surface area contributed by atoms with Crippen LogP contribution < -0.4 is 4.90 Å². The van der Waals surface area contributed by atoms with E-state index in [1.54, 1.807) is 18.2 Å². The van der Waals surface area contributed by atoms with Gasteiger partial charge in [-0.2, -0.15) is 0 Å². The summed E-state index contributed by atoms with van der Waals surface area (Å²) in [6, 6.07) is 10.7. The number of para-hydroxylation sites is 1. The van der Waals surface area contributed by atoms with Crippen molar-refractivity contribution in [1.29, 1.82) is 0 Å². The highest BCUT2D eigenvalue weighted by Gasteiger charge is 2.35. The van der Waals surface area contributed by atoms with Crippen LogP contribution in [0.1, 0.15) is 37.7 Å². The van der Waals surface area contributed by atoms with Crippen molar-refractivity contribution in [3.63, 3.8) is 0 Å². The molecule has 30 heavy (non-hydrogen) atoms. The molecule has 0 saturated heterocycles. The number of anilines is 1. The fourth-order valence-electron chi connectivity index (χ4n) is 4.34. The maximum absolute atomic E-state index is 12.2. The molecule has 1 unspecified atom stereocenters. The van der Waals surface area contributed by atoms with E-state index in [0.29, 0.717) is 40.9 Å². The monoisotopic (exact) mass is 446 g/mol. The van der Waals surface area contributed by atoms with E-state index in [2.05, 4.69) is 29.4 Å². The number of imidazole rings is 1. The zero-order chi connectivity index (χ0) is 21.4. The molecule has 2 heterocycles. The van der Waals surface area contributed by atoms with Crippen molar-refractivity contribution in [2.75, 3.05) is 24.5 Å². The van der Waals surface area contributed by atoms with Crippen LogP contribution in [0.2, 0.25) is 10.0 Å². The van der Waals surface area contributed by atoms with Crippen molar-refractivity contribution in [3.05, 3.63) is 57.8 Å². The Hall–Kier alpha value is -2.44. The standard InChI is InChI=1S/C22H24Cl2N4O2/c1-3-26(4-2)18-8-5-7-17-20(18)27-11-6-12-28(22(29)30)19(21(27)25-17)15-10-9-14(23)13-16(15)24/h5,7-10,13,19H,3-4,6,11-12H2,1-2H3,(H,29,30). The van der Waals surface area contributed by atoms with Crippen LogP contribution in [0.4, 0.5) is 10.5 Å². The van der Waals surface area contributed by atoms with Gasteiger partial charge in [0, 0.05) is 41.8 Å². The summed E-state index contributed by atoms with van der Waals surface area (Å²) in [5.41, 5.74) is 3.70. The summed E-state index contributed by atoms with van der Waals surface area (Å²) in [6.07, 6.45) is -0.297. The quantitative estimate of drug-likeness (QED) is 0.561. The lowest BCUT2D eigenvalue weighted by Gasteiger charge is -2.28. The molecule has 0 aliphatic carbocycles. The molecular weight excluding hydrogens is 423 g/mol. The van der Waals surface area contributed by atoms with Gasteiger partial charge in [0.1, 0.15) is 11.9 Å². The predicted molar refractivity (Wildman–Crippen MR) is 121 cm³/mol. The number of benzene rings is 2. The molecule has 4 rings (SSSR count). The van der Waals surface area contributed by atoms with E-state index in [1.165, 1.54) is 4.90 Å². The van der Waals surface area contributed by atoms with Gasteiger partial charge in [-0.3, -0.25) is 4.90 Å². The molecule has 8 heteroatoms. The lowest BCUT2D eigenvalue weighted by Crippen LogP contribution is -2.35. The van der Waals surface area contributed by atoms with Gasteiger partial charge in [-0.25, -0.2) is 9.78 Å². The highest BCUT2D eigenvalue weighted by atomic mass is 35.5. The summed E-state index contributed by atoms with van der Waals surface area (Å²) in [7, 11) is 0. The molecule has 0 bridgehead atoms. The number of nitrogens with zero attached hydrogens (tertiary/aromatic N) is 4. The molecule has 1 aliphatic heterocycles. The van der Waals surface area contributed by atoms with Crippen molar-refractivity contribution in [3.8, 4) is 0 Å². The van der Waals surface area contributed by atoms with Gasteiger partial charge in [-0.1, -0.05) is 35.3 Å². The highest BCUT2D eigenvalue weighted by Crippen LogP contribution is 2.39. The molecule has 0 fully saturated rings. The van der Waals surface area contributed by atoms with Gasteiger partial charge in [0.15, 0.2) is 0 Å². The second-order valence-corrected chi connectivity index (χ2v) is 8.18. The minimum absolute atomic E-state index is 0.400. The Morgan fingerprint density at radius 2 is 1.97 bits per heavy atom. The molecule has 0 radical (unpaired) electrons. The Morgan fingerprint density at radius 3 is 2.63 bits per heavy atom. The van der Waals surface area contributed by atoms with Gasteiger partial charge in [-0.05, 0) is 44.5 Å². The third-order valence-corrected chi connectivity index (χ3v) is 6.28. The van der Waals surface area contributed by atoms with Gasteiger partial charge in [-0.15, -0.1) is 0 Å². The first-order valence-corrected chi connectivity index (χ1v) is 10.9. The third kappa shape index (κ3) is 3.48. The second kappa shape index (κ2) is 8.36. The average Bonchev–Trinajstić information content (AvgIpc) is 2.98. The smallest absolute Gasteiger partial charge is 0.408 e. The van der Waals surface area contributed by atoms with Crippen LogP contribution >= 0.6 is 23.2 Å².